The van der Waals surface area contributed by atoms with Gasteiger partial charge in [-0.15, -0.1) is 11.8 Å². The number of carbonyl (C=O) groups is 11. The van der Waals surface area contributed by atoms with Crippen molar-refractivity contribution in [3.05, 3.63) is 359 Å². The highest BCUT2D eigenvalue weighted by Crippen LogP contribution is 2.43. The molecule has 0 unspecified atom stereocenters. The molecule has 17 atom stereocenters. The lowest BCUT2D eigenvalue weighted by atomic mass is 9.92. The minimum Gasteiger partial charge on any atom is -0.462 e. The van der Waals surface area contributed by atoms with E-state index < -0.39 is 189 Å². The van der Waals surface area contributed by atoms with E-state index in [1.165, 1.54) is 170 Å². The number of rotatable bonds is 34. The predicted octanol–water partition coefficient (Wildman–Crippen LogP) is 13.1. The highest BCUT2D eigenvalue weighted by atomic mass is 32.2. The Hall–Kier alpha value is -13.5. The summed E-state index contributed by atoms with van der Waals surface area (Å²) in [6, 6.07) is 76.6. The quantitative estimate of drug-likeness (QED) is 0.0267. The van der Waals surface area contributed by atoms with Crippen LogP contribution < -0.4 is 0 Å². The summed E-state index contributed by atoms with van der Waals surface area (Å²) in [7, 11) is 0. The molecule has 0 aromatic heterocycles. The maximum atomic E-state index is 15.6. The zero-order valence-electron chi connectivity index (χ0n) is 67.6. The molecule has 3 fully saturated rings. The Bertz CT molecular complexity index is 5250. The summed E-state index contributed by atoms with van der Waals surface area (Å²) >= 11 is 1.09. The Morgan fingerprint density at radius 1 is 0.296 bits per heavy atom. The average molecular weight is 1720 g/mol. The van der Waals surface area contributed by atoms with Gasteiger partial charge in [-0.3, -0.25) is 9.59 Å². The number of hydrogen-bond acceptors (Lipinski definition) is 29. The molecular weight excluding hydrogens is 1630 g/mol. The first-order valence-corrected chi connectivity index (χ1v) is 41.0. The van der Waals surface area contributed by atoms with Gasteiger partial charge in [-0.1, -0.05) is 201 Å². The third kappa shape index (κ3) is 23.8. The van der Waals surface area contributed by atoms with E-state index in [2.05, 4.69) is 0 Å². The molecule has 28 nitrogen and oxygen atoms in total. The minimum absolute atomic E-state index is 0.0193. The van der Waals surface area contributed by atoms with Crippen molar-refractivity contribution in [3.63, 3.8) is 0 Å². The average Bonchev–Trinajstić information content (AvgIpc) is 0.749. The van der Waals surface area contributed by atoms with Crippen LogP contribution in [0.5, 0.6) is 0 Å². The van der Waals surface area contributed by atoms with Crippen LogP contribution in [-0.4, -0.2) is 195 Å². The fourth-order valence-corrected chi connectivity index (χ4v) is 14.9. The SMILES string of the molecule is CCS[C@H]1O[C@H]([C@H](COC(C)=O)OC(C)=O)[C@@H](O[C@@H]2O[C@H](COC(=O)c3ccccc3)[C@@H](OC(=O)c3ccccc3)[C@H](OC(=O)c3ccccc3)[C@H]2OC(=O)c2ccccc2)[C@H](O[C@H]2O[C@H]([C@H](COC(=O)c3ccccc3)OC(=O)c3ccccc3)[C@@H](OC(=O)c3ccccc3)[C@H](OC(=O)c3ccccc3)[C@@H]2OC(=O)c2ccccc2)[C@@H]1OCc1ccccc1. The molecule has 13 rings (SSSR count). The van der Waals surface area contributed by atoms with Crippen LogP contribution in [0.15, 0.2) is 303 Å². The number of thioether (sulfide) groups is 1. The van der Waals surface area contributed by atoms with Gasteiger partial charge in [-0.2, -0.15) is 0 Å². The van der Waals surface area contributed by atoms with Crippen molar-refractivity contribution in [2.75, 3.05) is 25.6 Å². The second kappa shape index (κ2) is 44.0. The van der Waals surface area contributed by atoms with E-state index in [4.69, 9.17) is 80.5 Å². The molecule has 644 valence electrons. The van der Waals surface area contributed by atoms with Gasteiger partial charge in [0.15, 0.2) is 61.4 Å². The van der Waals surface area contributed by atoms with Gasteiger partial charge >= 0.3 is 65.7 Å². The van der Waals surface area contributed by atoms with Crippen LogP contribution >= 0.6 is 11.8 Å². The standard InChI is InChI=1S/C96H86O28S/c1-4-125-96-84(109-55-61-35-15-5-16-36-61)81(123-95-83(120-93(107)70-53-33-14-34-54-70)80(118-91(105)68-49-29-12-30-50-68)77(116-89(103)66-45-25-10-26-46-66)75(121-95)72(113-87(101)64-41-21-8-22-42-64)57-110-85(99)62-37-17-6-18-38-62)78(76(124-96)71(112-60(3)98)56-108-59(2)97)122-94-82(119-92(106)69-51-31-13-32-52-69)79(117-90(104)67-47-27-11-28-48-67)74(115-88(102)65-43-23-9-24-44-65)73(114-94)58-111-86(100)63-39-19-7-20-40-63/h5-54,71-84,94-96H,4,55-58H2,1-3H3/t71-,72-,73+,74+,75+,76+,77+,78+,79-,80-,81-,82+,83-,84-,94-,95+,96+/m0/s1. The van der Waals surface area contributed by atoms with Crippen molar-refractivity contribution < 1.29 is 133 Å². The lowest BCUT2D eigenvalue weighted by Crippen LogP contribution is -2.70. The second-order valence-corrected chi connectivity index (χ2v) is 29.9. The monoisotopic (exact) mass is 1720 g/mol. The molecule has 3 aliphatic heterocycles. The Balaban J connectivity index is 1.07. The number of hydrogen-bond donors (Lipinski definition) is 0. The molecular formula is C96H86O28S. The largest absolute Gasteiger partial charge is 0.462 e. The normalized spacial score (nSPS) is 22.4. The van der Waals surface area contributed by atoms with E-state index in [1.54, 1.807) is 140 Å². The highest BCUT2D eigenvalue weighted by Gasteiger charge is 2.62. The van der Waals surface area contributed by atoms with Gasteiger partial charge in [-0.25, -0.2) is 43.2 Å². The summed E-state index contributed by atoms with van der Waals surface area (Å²) in [6.07, 6.45) is -33.6. The molecule has 0 aliphatic carbocycles. The zero-order chi connectivity index (χ0) is 87.6. The summed E-state index contributed by atoms with van der Waals surface area (Å²) in [5, 5.41) is 0. The van der Waals surface area contributed by atoms with E-state index >= 15 is 28.8 Å². The van der Waals surface area contributed by atoms with Crippen molar-refractivity contribution in [1.82, 2.24) is 0 Å². The Morgan fingerprint density at radius 2 is 0.608 bits per heavy atom. The Kier molecular flexibility index (Phi) is 31.4. The van der Waals surface area contributed by atoms with Gasteiger partial charge < -0.3 is 80.5 Å². The molecule has 10 aromatic rings. The molecule has 0 radical (unpaired) electrons. The Labute approximate surface area is 722 Å². The van der Waals surface area contributed by atoms with Gasteiger partial charge in [-0.05, 0) is 121 Å². The summed E-state index contributed by atoms with van der Waals surface area (Å²) in [6.45, 7) is 0.839. The van der Waals surface area contributed by atoms with E-state index in [1.807, 2.05) is 0 Å². The summed E-state index contributed by atoms with van der Waals surface area (Å²) < 4.78 is 114. The fraction of sp³-hybridized carbons (Fsp3) is 0.260. The van der Waals surface area contributed by atoms with Gasteiger partial charge in [0, 0.05) is 13.8 Å². The van der Waals surface area contributed by atoms with E-state index in [0.717, 1.165) is 25.6 Å². The molecule has 10 aromatic carbocycles. The molecule has 29 heteroatoms. The van der Waals surface area contributed by atoms with Crippen LogP contribution in [0.4, 0.5) is 0 Å². The van der Waals surface area contributed by atoms with Crippen LogP contribution in [0.1, 0.15) is 120 Å². The van der Waals surface area contributed by atoms with Gasteiger partial charge in [0.2, 0.25) is 0 Å². The predicted molar refractivity (Wildman–Crippen MR) is 444 cm³/mol. The maximum Gasteiger partial charge on any atom is 0.338 e. The van der Waals surface area contributed by atoms with Gasteiger partial charge in [0.1, 0.15) is 61.9 Å². The van der Waals surface area contributed by atoms with E-state index in [9.17, 15) is 24.0 Å². The lowest BCUT2D eigenvalue weighted by molar-refractivity contribution is -0.373. The summed E-state index contributed by atoms with van der Waals surface area (Å²) in [5.74, 6) is -11.5. The number of benzene rings is 10. The first-order chi connectivity index (χ1) is 60.8. The third-order valence-corrected chi connectivity index (χ3v) is 21.0. The van der Waals surface area contributed by atoms with Crippen LogP contribution in [-0.2, 0) is 96.7 Å². The minimum atomic E-state index is -2.41. The molecule has 0 spiro atoms. The molecule has 0 amide bonds. The highest BCUT2D eigenvalue weighted by molar-refractivity contribution is 7.99. The molecule has 125 heavy (non-hydrogen) atoms. The molecule has 0 N–H and O–H groups in total. The third-order valence-electron chi connectivity index (χ3n) is 19.9. The van der Waals surface area contributed by atoms with Gasteiger partial charge in [0.05, 0.1) is 56.7 Å². The number of esters is 11. The summed E-state index contributed by atoms with van der Waals surface area (Å²) in [4.78, 5) is 163. The molecule has 3 saturated heterocycles. The first kappa shape index (κ1) is 89.2. The smallest absolute Gasteiger partial charge is 0.338 e. The Morgan fingerprint density at radius 3 is 1.00 bits per heavy atom. The lowest BCUT2D eigenvalue weighted by Gasteiger charge is -2.52. The van der Waals surface area contributed by atoms with Crippen molar-refractivity contribution >= 4 is 77.4 Å². The van der Waals surface area contributed by atoms with Crippen molar-refractivity contribution in [3.8, 4) is 0 Å². The zero-order valence-corrected chi connectivity index (χ0v) is 68.4. The molecule has 3 aliphatic rings. The number of carbonyl (C=O) groups excluding carboxylic acids is 11. The van der Waals surface area contributed by atoms with E-state index in [-0.39, 0.29) is 62.4 Å². The first-order valence-electron chi connectivity index (χ1n) is 40.0. The molecule has 0 saturated carbocycles. The van der Waals surface area contributed by atoms with Crippen LogP contribution in [0, 0.1) is 0 Å². The number of ether oxygens (including phenoxy) is 17. The maximum absolute atomic E-state index is 15.6. The van der Waals surface area contributed by atoms with Gasteiger partial charge in [0.25, 0.3) is 0 Å². The topological polar surface area (TPSA) is 345 Å². The second-order valence-electron chi connectivity index (χ2n) is 28.5. The molecule has 3 heterocycles. The van der Waals surface area contributed by atoms with Crippen molar-refractivity contribution in [2.45, 2.75) is 131 Å². The van der Waals surface area contributed by atoms with Crippen molar-refractivity contribution in [1.29, 1.82) is 0 Å². The van der Waals surface area contributed by atoms with E-state index in [0.29, 0.717) is 5.56 Å². The molecule has 0 bridgehead atoms. The summed E-state index contributed by atoms with van der Waals surface area (Å²) in [5.41, 5.74) is -1.48. The fourth-order valence-electron chi connectivity index (χ4n) is 14.0. The van der Waals surface area contributed by atoms with Crippen LogP contribution in [0.2, 0.25) is 0 Å². The van der Waals surface area contributed by atoms with Crippen LogP contribution in [0.3, 0.4) is 0 Å². The van der Waals surface area contributed by atoms with Crippen LogP contribution in [0.25, 0.3) is 0 Å². The van der Waals surface area contributed by atoms with Crippen molar-refractivity contribution in [2.24, 2.45) is 0 Å².